The van der Waals surface area contributed by atoms with Gasteiger partial charge >= 0.3 is 0 Å². The monoisotopic (exact) mass is 262 g/mol. The van der Waals surface area contributed by atoms with Crippen LogP contribution in [0.25, 0.3) is 0 Å². The number of anilines is 1. The van der Waals surface area contributed by atoms with Gasteiger partial charge < -0.3 is 9.88 Å². The molecular formula is C16H26N2O. The van der Waals surface area contributed by atoms with Crippen LogP contribution >= 0.6 is 0 Å². The minimum atomic E-state index is 0.0992. The van der Waals surface area contributed by atoms with Gasteiger partial charge in [0.25, 0.3) is 5.56 Å². The van der Waals surface area contributed by atoms with Gasteiger partial charge in [0.05, 0.1) is 5.69 Å². The average Bonchev–Trinajstić information content (AvgIpc) is 2.44. The zero-order valence-corrected chi connectivity index (χ0v) is 12.2. The van der Waals surface area contributed by atoms with Gasteiger partial charge in [-0.2, -0.15) is 0 Å². The van der Waals surface area contributed by atoms with Gasteiger partial charge in [-0.3, -0.25) is 4.79 Å². The number of aromatic nitrogens is 1. The predicted molar refractivity (Wildman–Crippen MR) is 80.7 cm³/mol. The van der Waals surface area contributed by atoms with Gasteiger partial charge in [-0.1, -0.05) is 20.3 Å². The maximum absolute atomic E-state index is 11.7. The summed E-state index contributed by atoms with van der Waals surface area (Å²) in [4.78, 5) is 11.7. The topological polar surface area (TPSA) is 34.0 Å². The average molecular weight is 262 g/mol. The number of rotatable bonds is 5. The Kier molecular flexibility index (Phi) is 5.06. The van der Waals surface area contributed by atoms with Crippen LogP contribution in [0, 0.1) is 5.92 Å². The van der Waals surface area contributed by atoms with E-state index in [2.05, 4.69) is 19.2 Å². The molecule has 106 valence electrons. The summed E-state index contributed by atoms with van der Waals surface area (Å²) < 4.78 is 1.81. The van der Waals surface area contributed by atoms with E-state index in [-0.39, 0.29) is 5.56 Å². The first kappa shape index (κ1) is 14.2. The first-order valence-corrected chi connectivity index (χ1v) is 7.70. The standard InChI is InChI=1S/C16H26N2O/c1-3-11-18-12-15(9-10-16(18)19)17-14-7-5-13(4-2)6-8-14/h9-10,12-14,17H,3-8,11H2,1-2H3. The molecule has 0 spiro atoms. The molecule has 0 unspecified atom stereocenters. The van der Waals surface area contributed by atoms with E-state index in [4.69, 9.17) is 0 Å². The summed E-state index contributed by atoms with van der Waals surface area (Å²) in [7, 11) is 0. The Hall–Kier alpha value is -1.25. The van der Waals surface area contributed by atoms with E-state index in [0.717, 1.165) is 24.6 Å². The summed E-state index contributed by atoms with van der Waals surface area (Å²) in [6.07, 6.45) is 9.46. The predicted octanol–water partition coefficient (Wildman–Crippen LogP) is 3.64. The van der Waals surface area contributed by atoms with Gasteiger partial charge in [0.2, 0.25) is 0 Å². The Morgan fingerprint density at radius 2 is 1.95 bits per heavy atom. The highest BCUT2D eigenvalue weighted by Gasteiger charge is 2.19. The molecule has 1 fully saturated rings. The minimum Gasteiger partial charge on any atom is -0.381 e. The Bertz CT molecular complexity index is 444. The molecule has 0 amide bonds. The second kappa shape index (κ2) is 6.78. The van der Waals surface area contributed by atoms with Crippen LogP contribution in [0.2, 0.25) is 0 Å². The summed E-state index contributed by atoms with van der Waals surface area (Å²) in [5.74, 6) is 0.923. The van der Waals surface area contributed by atoms with Crippen molar-refractivity contribution in [1.82, 2.24) is 4.57 Å². The molecule has 0 radical (unpaired) electrons. The van der Waals surface area contributed by atoms with Crippen molar-refractivity contribution < 1.29 is 0 Å². The van der Waals surface area contributed by atoms with Crippen molar-refractivity contribution in [3.05, 3.63) is 28.7 Å². The third-order valence-electron chi connectivity index (χ3n) is 4.24. The molecule has 1 saturated carbocycles. The normalized spacial score (nSPS) is 23.3. The second-order valence-corrected chi connectivity index (χ2v) is 5.72. The van der Waals surface area contributed by atoms with E-state index in [1.54, 1.807) is 10.6 Å². The number of nitrogens with one attached hydrogen (secondary N) is 1. The first-order valence-electron chi connectivity index (χ1n) is 7.70. The van der Waals surface area contributed by atoms with Gasteiger partial charge in [-0.05, 0) is 44.1 Å². The molecule has 1 N–H and O–H groups in total. The molecule has 0 aliphatic heterocycles. The van der Waals surface area contributed by atoms with Crippen LogP contribution in [0.4, 0.5) is 5.69 Å². The van der Waals surface area contributed by atoms with E-state index in [0.29, 0.717) is 6.04 Å². The maximum Gasteiger partial charge on any atom is 0.250 e. The number of pyridine rings is 1. The van der Waals surface area contributed by atoms with Gasteiger partial charge in [0.1, 0.15) is 0 Å². The van der Waals surface area contributed by atoms with Crippen LogP contribution in [0.1, 0.15) is 52.4 Å². The fraction of sp³-hybridized carbons (Fsp3) is 0.688. The van der Waals surface area contributed by atoms with E-state index >= 15 is 0 Å². The number of hydrogen-bond acceptors (Lipinski definition) is 2. The fourth-order valence-electron chi connectivity index (χ4n) is 2.98. The Morgan fingerprint density at radius 1 is 1.21 bits per heavy atom. The van der Waals surface area contributed by atoms with Crippen LogP contribution in [0.5, 0.6) is 0 Å². The number of aryl methyl sites for hydroxylation is 1. The molecule has 1 aliphatic rings. The first-order chi connectivity index (χ1) is 9.22. The van der Waals surface area contributed by atoms with Crippen molar-refractivity contribution in [3.63, 3.8) is 0 Å². The Balaban J connectivity index is 1.96. The SMILES string of the molecule is CCCn1cc(NC2CCC(CC)CC2)ccc1=O. The molecule has 1 heterocycles. The van der Waals surface area contributed by atoms with Gasteiger partial charge in [-0.15, -0.1) is 0 Å². The van der Waals surface area contributed by atoms with Crippen molar-refractivity contribution in [2.75, 3.05) is 5.32 Å². The molecule has 0 saturated heterocycles. The van der Waals surface area contributed by atoms with Crippen LogP contribution in [0.3, 0.4) is 0 Å². The molecule has 0 aromatic carbocycles. The summed E-state index contributed by atoms with van der Waals surface area (Å²) >= 11 is 0. The van der Waals surface area contributed by atoms with Crippen molar-refractivity contribution in [3.8, 4) is 0 Å². The number of nitrogens with zero attached hydrogens (tertiary/aromatic N) is 1. The highest BCUT2D eigenvalue weighted by atomic mass is 16.1. The largest absolute Gasteiger partial charge is 0.381 e. The zero-order chi connectivity index (χ0) is 13.7. The molecule has 3 nitrogen and oxygen atoms in total. The minimum absolute atomic E-state index is 0.0992. The summed E-state index contributed by atoms with van der Waals surface area (Å²) in [6, 6.07) is 4.17. The van der Waals surface area contributed by atoms with E-state index in [1.165, 1.54) is 32.1 Å². The van der Waals surface area contributed by atoms with Gasteiger partial charge in [0.15, 0.2) is 0 Å². The quantitative estimate of drug-likeness (QED) is 0.879. The summed E-state index contributed by atoms with van der Waals surface area (Å²) in [5, 5.41) is 3.59. The van der Waals surface area contributed by atoms with Crippen molar-refractivity contribution in [1.29, 1.82) is 0 Å². The van der Waals surface area contributed by atoms with E-state index in [1.807, 2.05) is 12.3 Å². The highest BCUT2D eigenvalue weighted by molar-refractivity contribution is 5.41. The van der Waals surface area contributed by atoms with Crippen molar-refractivity contribution >= 4 is 5.69 Å². The molecule has 1 aromatic rings. The lowest BCUT2D eigenvalue weighted by atomic mass is 9.84. The van der Waals surface area contributed by atoms with Crippen molar-refractivity contribution in [2.45, 2.75) is 65.0 Å². The van der Waals surface area contributed by atoms with Crippen LogP contribution in [-0.4, -0.2) is 10.6 Å². The second-order valence-electron chi connectivity index (χ2n) is 5.72. The highest BCUT2D eigenvalue weighted by Crippen LogP contribution is 2.28. The molecule has 0 atom stereocenters. The smallest absolute Gasteiger partial charge is 0.250 e. The lowest BCUT2D eigenvalue weighted by molar-refractivity contribution is 0.330. The zero-order valence-electron chi connectivity index (χ0n) is 12.2. The third-order valence-corrected chi connectivity index (χ3v) is 4.24. The van der Waals surface area contributed by atoms with Crippen LogP contribution in [-0.2, 0) is 6.54 Å². The molecule has 1 aromatic heterocycles. The molecule has 2 rings (SSSR count). The van der Waals surface area contributed by atoms with Crippen LogP contribution in [0.15, 0.2) is 23.1 Å². The fourth-order valence-corrected chi connectivity index (χ4v) is 2.98. The van der Waals surface area contributed by atoms with Gasteiger partial charge in [0, 0.05) is 24.8 Å². The summed E-state index contributed by atoms with van der Waals surface area (Å²) in [5.41, 5.74) is 1.19. The van der Waals surface area contributed by atoms with E-state index < -0.39 is 0 Å². The maximum atomic E-state index is 11.7. The molecular weight excluding hydrogens is 236 g/mol. The molecule has 19 heavy (non-hydrogen) atoms. The molecule has 0 bridgehead atoms. The van der Waals surface area contributed by atoms with E-state index in [9.17, 15) is 4.79 Å². The molecule has 3 heteroatoms. The van der Waals surface area contributed by atoms with Crippen molar-refractivity contribution in [2.24, 2.45) is 5.92 Å². The number of hydrogen-bond donors (Lipinski definition) is 1. The Labute approximate surface area is 116 Å². The Morgan fingerprint density at radius 3 is 2.58 bits per heavy atom. The molecule has 1 aliphatic carbocycles. The third kappa shape index (κ3) is 3.85. The van der Waals surface area contributed by atoms with Crippen LogP contribution < -0.4 is 10.9 Å². The lowest BCUT2D eigenvalue weighted by Gasteiger charge is -2.29. The van der Waals surface area contributed by atoms with Gasteiger partial charge in [-0.25, -0.2) is 0 Å². The summed E-state index contributed by atoms with van der Waals surface area (Å²) in [6.45, 7) is 5.19. The lowest BCUT2D eigenvalue weighted by Crippen LogP contribution is -2.27.